The normalized spacial score (nSPS) is 11.2. The Kier molecular flexibility index (Phi) is 4.17. The number of benzene rings is 2. The molecule has 4 rings (SSSR count). The van der Waals surface area contributed by atoms with Gasteiger partial charge in [0.15, 0.2) is 0 Å². The third-order valence-corrected chi connectivity index (χ3v) is 4.57. The summed E-state index contributed by atoms with van der Waals surface area (Å²) in [5.41, 5.74) is 6.80. The van der Waals surface area contributed by atoms with E-state index in [4.69, 9.17) is 0 Å². The molecule has 2 N–H and O–H groups in total. The summed E-state index contributed by atoms with van der Waals surface area (Å²) in [6, 6.07) is 17.1. The number of rotatable bonds is 4. The van der Waals surface area contributed by atoms with Crippen molar-refractivity contribution in [2.45, 2.75) is 26.7 Å². The van der Waals surface area contributed by atoms with Crippen LogP contribution in [-0.2, 0) is 0 Å². The van der Waals surface area contributed by atoms with E-state index in [0.29, 0.717) is 5.92 Å². The first kappa shape index (κ1) is 16.3. The second-order valence-corrected chi connectivity index (χ2v) is 6.87. The molecule has 2 aromatic heterocycles. The van der Waals surface area contributed by atoms with Crippen LogP contribution in [-0.4, -0.2) is 19.9 Å². The number of aryl methyl sites for hydroxylation is 1. The minimum Gasteiger partial charge on any atom is -0.342 e. The van der Waals surface area contributed by atoms with Crippen molar-refractivity contribution in [3.05, 3.63) is 72.6 Å². The Bertz CT molecular complexity index is 1000. The van der Waals surface area contributed by atoms with Gasteiger partial charge in [0.05, 0.1) is 23.8 Å². The summed E-state index contributed by atoms with van der Waals surface area (Å²) < 4.78 is 0. The third kappa shape index (κ3) is 3.18. The lowest BCUT2D eigenvalue weighted by molar-refractivity contribution is 0.795. The van der Waals surface area contributed by atoms with Crippen LogP contribution >= 0.6 is 0 Å². The minimum absolute atomic E-state index is 0.403. The van der Waals surface area contributed by atoms with Crippen LogP contribution in [0.1, 0.15) is 31.4 Å². The van der Waals surface area contributed by atoms with Gasteiger partial charge in [-0.15, -0.1) is 0 Å². The summed E-state index contributed by atoms with van der Waals surface area (Å²) in [5, 5.41) is 0. The lowest BCUT2D eigenvalue weighted by Gasteiger charge is -2.05. The number of hydrogen-bond donors (Lipinski definition) is 2. The Morgan fingerprint density at radius 1 is 0.654 bits per heavy atom. The van der Waals surface area contributed by atoms with Gasteiger partial charge in [-0.05, 0) is 29.2 Å². The number of nitrogens with zero attached hydrogens (tertiary/aromatic N) is 2. The molecule has 4 heteroatoms. The quantitative estimate of drug-likeness (QED) is 0.510. The number of nitrogens with one attached hydrogen (secondary N) is 2. The Morgan fingerprint density at radius 2 is 1.12 bits per heavy atom. The molecular weight excluding hydrogens is 320 g/mol. The summed E-state index contributed by atoms with van der Waals surface area (Å²) >= 11 is 0. The van der Waals surface area contributed by atoms with Gasteiger partial charge in [-0.25, -0.2) is 9.97 Å². The average molecular weight is 342 g/mol. The van der Waals surface area contributed by atoms with E-state index in [1.165, 1.54) is 11.1 Å². The van der Waals surface area contributed by atoms with E-state index in [1.54, 1.807) is 0 Å². The summed E-state index contributed by atoms with van der Waals surface area (Å²) in [5.74, 6) is 2.35. The van der Waals surface area contributed by atoms with Gasteiger partial charge in [0.25, 0.3) is 0 Å². The molecule has 2 heterocycles. The van der Waals surface area contributed by atoms with Crippen molar-refractivity contribution in [1.82, 2.24) is 19.9 Å². The topological polar surface area (TPSA) is 57.4 Å². The monoisotopic (exact) mass is 342 g/mol. The van der Waals surface area contributed by atoms with Crippen LogP contribution in [0.2, 0.25) is 0 Å². The molecule has 0 aliphatic heterocycles. The Balaban J connectivity index is 1.56. The van der Waals surface area contributed by atoms with Crippen LogP contribution < -0.4 is 0 Å². The molecule has 0 fully saturated rings. The van der Waals surface area contributed by atoms with Crippen molar-refractivity contribution in [1.29, 1.82) is 0 Å². The first-order valence-electron chi connectivity index (χ1n) is 8.88. The zero-order valence-electron chi connectivity index (χ0n) is 15.2. The van der Waals surface area contributed by atoms with Gasteiger partial charge >= 0.3 is 0 Å². The van der Waals surface area contributed by atoms with Crippen molar-refractivity contribution in [2.75, 3.05) is 0 Å². The van der Waals surface area contributed by atoms with E-state index in [-0.39, 0.29) is 0 Å². The van der Waals surface area contributed by atoms with Gasteiger partial charge in [0, 0.05) is 5.92 Å². The molecule has 4 aromatic rings. The van der Waals surface area contributed by atoms with Crippen molar-refractivity contribution in [3.63, 3.8) is 0 Å². The highest BCUT2D eigenvalue weighted by atomic mass is 14.9. The SMILES string of the molecule is Cc1ncc(-c2ccc(-c3ccc(-c4cnc(C(C)C)[nH]4)cc3)cc2)[nH]1. The first-order valence-corrected chi connectivity index (χ1v) is 8.88. The summed E-state index contributed by atoms with van der Waals surface area (Å²) in [4.78, 5) is 15.4. The molecule has 0 aliphatic rings. The lowest BCUT2D eigenvalue weighted by atomic mass is 10.0. The summed E-state index contributed by atoms with van der Waals surface area (Å²) in [7, 11) is 0. The van der Waals surface area contributed by atoms with Gasteiger partial charge in [0.1, 0.15) is 11.6 Å². The molecule has 0 radical (unpaired) electrons. The number of aromatic amines is 2. The van der Waals surface area contributed by atoms with Gasteiger partial charge in [-0.2, -0.15) is 0 Å². The van der Waals surface area contributed by atoms with Crippen LogP contribution in [0.15, 0.2) is 60.9 Å². The van der Waals surface area contributed by atoms with Gasteiger partial charge in [-0.1, -0.05) is 62.4 Å². The Morgan fingerprint density at radius 3 is 1.54 bits per heavy atom. The predicted molar refractivity (Wildman–Crippen MR) is 106 cm³/mol. The Labute approximate surface area is 153 Å². The standard InChI is InChI=1S/C22H22N4/c1-14(2)22-24-13-21(26-22)19-10-6-17(7-11-19)16-4-8-18(9-5-16)20-12-23-15(3)25-20/h4-14H,1-3H3,(H,23,25)(H,24,26). The number of H-pyrrole nitrogens is 2. The van der Waals surface area contributed by atoms with Gasteiger partial charge in [0.2, 0.25) is 0 Å². The smallest absolute Gasteiger partial charge is 0.109 e. The molecule has 26 heavy (non-hydrogen) atoms. The van der Waals surface area contributed by atoms with E-state index in [1.807, 2.05) is 19.3 Å². The molecule has 0 saturated heterocycles. The maximum atomic E-state index is 4.45. The van der Waals surface area contributed by atoms with Gasteiger partial charge < -0.3 is 9.97 Å². The molecule has 0 saturated carbocycles. The van der Waals surface area contributed by atoms with E-state index in [0.717, 1.165) is 34.2 Å². The molecular formula is C22H22N4. The fourth-order valence-corrected chi connectivity index (χ4v) is 3.03. The summed E-state index contributed by atoms with van der Waals surface area (Å²) in [6.45, 7) is 6.24. The highest BCUT2D eigenvalue weighted by molar-refractivity contribution is 5.71. The zero-order valence-corrected chi connectivity index (χ0v) is 15.2. The second-order valence-electron chi connectivity index (χ2n) is 6.87. The highest BCUT2D eigenvalue weighted by Gasteiger charge is 2.07. The van der Waals surface area contributed by atoms with Crippen LogP contribution in [0.4, 0.5) is 0 Å². The van der Waals surface area contributed by atoms with Crippen LogP contribution in [0.25, 0.3) is 33.6 Å². The molecule has 0 aliphatic carbocycles. The molecule has 0 amide bonds. The molecule has 0 spiro atoms. The van der Waals surface area contributed by atoms with Crippen molar-refractivity contribution in [3.8, 4) is 33.6 Å². The van der Waals surface area contributed by atoms with Crippen LogP contribution in [0, 0.1) is 6.92 Å². The maximum absolute atomic E-state index is 4.45. The van der Waals surface area contributed by atoms with Gasteiger partial charge in [-0.3, -0.25) is 0 Å². The fraction of sp³-hybridized carbons (Fsp3) is 0.182. The van der Waals surface area contributed by atoms with Crippen molar-refractivity contribution < 1.29 is 0 Å². The van der Waals surface area contributed by atoms with Crippen LogP contribution in [0.3, 0.4) is 0 Å². The molecule has 2 aromatic carbocycles. The van der Waals surface area contributed by atoms with Crippen molar-refractivity contribution in [2.24, 2.45) is 0 Å². The first-order chi connectivity index (χ1) is 12.6. The van der Waals surface area contributed by atoms with E-state index in [9.17, 15) is 0 Å². The number of imidazole rings is 2. The highest BCUT2D eigenvalue weighted by Crippen LogP contribution is 2.27. The van der Waals surface area contributed by atoms with E-state index < -0.39 is 0 Å². The lowest BCUT2D eigenvalue weighted by Crippen LogP contribution is -1.89. The van der Waals surface area contributed by atoms with Crippen LogP contribution in [0.5, 0.6) is 0 Å². The minimum atomic E-state index is 0.403. The average Bonchev–Trinajstić information content (AvgIpc) is 3.31. The number of hydrogen-bond acceptors (Lipinski definition) is 2. The van der Waals surface area contributed by atoms with E-state index >= 15 is 0 Å². The van der Waals surface area contributed by atoms with E-state index in [2.05, 4.69) is 82.3 Å². The third-order valence-electron chi connectivity index (χ3n) is 4.57. The summed E-state index contributed by atoms with van der Waals surface area (Å²) in [6.07, 6.45) is 3.78. The molecule has 4 nitrogen and oxygen atoms in total. The van der Waals surface area contributed by atoms with Crippen molar-refractivity contribution >= 4 is 0 Å². The fourth-order valence-electron chi connectivity index (χ4n) is 3.03. The molecule has 0 unspecified atom stereocenters. The molecule has 0 bridgehead atoms. The molecule has 0 atom stereocenters. The molecule has 130 valence electrons. The number of aromatic nitrogens is 4. The zero-order chi connectivity index (χ0) is 18.1. The largest absolute Gasteiger partial charge is 0.342 e. The maximum Gasteiger partial charge on any atom is 0.109 e. The Hall–Kier alpha value is -3.14. The second kappa shape index (κ2) is 6.64. The predicted octanol–water partition coefficient (Wildman–Crippen LogP) is 5.57.